The molecule has 1 aromatic heterocycles. The summed E-state index contributed by atoms with van der Waals surface area (Å²) in [7, 11) is 0. The summed E-state index contributed by atoms with van der Waals surface area (Å²) in [6.45, 7) is 5.05. The fourth-order valence-corrected chi connectivity index (χ4v) is 3.59. The summed E-state index contributed by atoms with van der Waals surface area (Å²) in [6.07, 6.45) is 1.07. The highest BCUT2D eigenvalue weighted by Gasteiger charge is 2.18. The van der Waals surface area contributed by atoms with E-state index in [0.29, 0.717) is 13.1 Å². The van der Waals surface area contributed by atoms with Gasteiger partial charge in [-0.3, -0.25) is 9.69 Å². The molecule has 2 aromatic rings. The molecule has 3 rings (SSSR count). The highest BCUT2D eigenvalue weighted by Crippen LogP contribution is 2.23. The number of carbonyl (C=O) groups is 1. The standard InChI is InChI=1S/C17H20N2OS/c1-13-4-2-3-5-14(13)10-18-17(20)12-19-8-6-16-15(11-19)7-9-21-16/h2-5,7,9H,6,8,10-12H2,1H3,(H,18,20). The van der Waals surface area contributed by atoms with Crippen molar-refractivity contribution in [2.45, 2.75) is 26.4 Å². The summed E-state index contributed by atoms with van der Waals surface area (Å²) in [5.41, 5.74) is 3.79. The molecule has 1 amide bonds. The second-order valence-electron chi connectivity index (χ2n) is 5.53. The van der Waals surface area contributed by atoms with E-state index in [2.05, 4.69) is 40.7 Å². The van der Waals surface area contributed by atoms with Crippen LogP contribution in [0.3, 0.4) is 0 Å². The first-order valence-corrected chi connectivity index (χ1v) is 8.19. The zero-order valence-electron chi connectivity index (χ0n) is 12.3. The molecule has 1 aliphatic heterocycles. The number of benzene rings is 1. The molecule has 0 saturated heterocycles. The van der Waals surface area contributed by atoms with Crippen molar-refractivity contribution in [1.29, 1.82) is 0 Å². The maximum absolute atomic E-state index is 12.1. The Bertz CT molecular complexity index is 635. The fourth-order valence-electron chi connectivity index (χ4n) is 2.70. The molecule has 0 aliphatic carbocycles. The third-order valence-corrected chi connectivity index (χ3v) is 5.01. The fraction of sp³-hybridized carbons (Fsp3) is 0.353. The zero-order valence-corrected chi connectivity index (χ0v) is 13.1. The van der Waals surface area contributed by atoms with Gasteiger partial charge >= 0.3 is 0 Å². The van der Waals surface area contributed by atoms with E-state index in [4.69, 9.17) is 0 Å². The lowest BCUT2D eigenvalue weighted by atomic mass is 10.1. The SMILES string of the molecule is Cc1ccccc1CNC(=O)CN1CCc2sccc2C1. The van der Waals surface area contributed by atoms with Crippen LogP contribution in [0.25, 0.3) is 0 Å². The van der Waals surface area contributed by atoms with Crippen LogP contribution < -0.4 is 5.32 Å². The summed E-state index contributed by atoms with van der Waals surface area (Å²) < 4.78 is 0. The van der Waals surface area contributed by atoms with Gasteiger partial charge in [0.05, 0.1) is 6.54 Å². The van der Waals surface area contributed by atoms with Crippen LogP contribution in [-0.4, -0.2) is 23.9 Å². The topological polar surface area (TPSA) is 32.3 Å². The van der Waals surface area contributed by atoms with E-state index in [0.717, 1.165) is 19.5 Å². The number of nitrogens with one attached hydrogen (secondary N) is 1. The quantitative estimate of drug-likeness (QED) is 0.941. The zero-order chi connectivity index (χ0) is 14.7. The number of hydrogen-bond acceptors (Lipinski definition) is 3. The van der Waals surface area contributed by atoms with Gasteiger partial charge in [-0.2, -0.15) is 0 Å². The Morgan fingerprint density at radius 2 is 2.19 bits per heavy atom. The minimum atomic E-state index is 0.108. The lowest BCUT2D eigenvalue weighted by Gasteiger charge is -2.26. The number of aryl methyl sites for hydroxylation is 1. The molecule has 1 N–H and O–H groups in total. The van der Waals surface area contributed by atoms with E-state index in [-0.39, 0.29) is 5.91 Å². The van der Waals surface area contributed by atoms with Crippen molar-refractivity contribution in [2.75, 3.05) is 13.1 Å². The average molecular weight is 300 g/mol. The summed E-state index contributed by atoms with van der Waals surface area (Å²) in [4.78, 5) is 15.8. The van der Waals surface area contributed by atoms with Crippen molar-refractivity contribution in [3.8, 4) is 0 Å². The van der Waals surface area contributed by atoms with Crippen LogP contribution in [0.15, 0.2) is 35.7 Å². The van der Waals surface area contributed by atoms with Crippen molar-refractivity contribution >= 4 is 17.2 Å². The molecule has 0 atom stereocenters. The van der Waals surface area contributed by atoms with Gasteiger partial charge in [-0.1, -0.05) is 24.3 Å². The van der Waals surface area contributed by atoms with Crippen LogP contribution in [0.1, 0.15) is 21.6 Å². The minimum absolute atomic E-state index is 0.108. The lowest BCUT2D eigenvalue weighted by molar-refractivity contribution is -0.122. The third kappa shape index (κ3) is 3.52. The van der Waals surface area contributed by atoms with Crippen molar-refractivity contribution in [3.05, 3.63) is 57.3 Å². The normalized spacial score (nSPS) is 14.7. The number of rotatable bonds is 4. The first-order chi connectivity index (χ1) is 10.2. The predicted molar refractivity (Wildman–Crippen MR) is 86.3 cm³/mol. The number of amides is 1. The number of hydrogen-bond donors (Lipinski definition) is 1. The maximum atomic E-state index is 12.1. The number of fused-ring (bicyclic) bond motifs is 1. The largest absolute Gasteiger partial charge is 0.351 e. The first-order valence-electron chi connectivity index (χ1n) is 7.31. The molecule has 110 valence electrons. The third-order valence-electron chi connectivity index (χ3n) is 3.99. The van der Waals surface area contributed by atoms with Gasteiger partial charge in [0.2, 0.25) is 5.91 Å². The Balaban J connectivity index is 1.50. The van der Waals surface area contributed by atoms with Gasteiger partial charge in [0, 0.05) is 24.5 Å². The lowest BCUT2D eigenvalue weighted by Crippen LogP contribution is -2.39. The molecule has 2 heterocycles. The van der Waals surface area contributed by atoms with Gasteiger partial charge in [0.15, 0.2) is 0 Å². The van der Waals surface area contributed by atoms with E-state index in [1.807, 2.05) is 23.5 Å². The molecule has 0 fully saturated rings. The maximum Gasteiger partial charge on any atom is 0.234 e. The number of thiophene rings is 1. The van der Waals surface area contributed by atoms with Crippen LogP contribution in [0, 0.1) is 6.92 Å². The minimum Gasteiger partial charge on any atom is -0.351 e. The van der Waals surface area contributed by atoms with Crippen molar-refractivity contribution in [2.24, 2.45) is 0 Å². The molecular formula is C17H20N2OS. The van der Waals surface area contributed by atoms with Crippen molar-refractivity contribution < 1.29 is 4.79 Å². The van der Waals surface area contributed by atoms with Gasteiger partial charge in [0.1, 0.15) is 0 Å². The van der Waals surface area contributed by atoms with Crippen molar-refractivity contribution in [3.63, 3.8) is 0 Å². The van der Waals surface area contributed by atoms with Gasteiger partial charge in [-0.25, -0.2) is 0 Å². The van der Waals surface area contributed by atoms with Gasteiger partial charge in [0.25, 0.3) is 0 Å². The monoisotopic (exact) mass is 300 g/mol. The van der Waals surface area contributed by atoms with Crippen LogP contribution in [0.4, 0.5) is 0 Å². The Kier molecular flexibility index (Phi) is 4.36. The number of carbonyl (C=O) groups excluding carboxylic acids is 1. The average Bonchev–Trinajstić information content (AvgIpc) is 2.94. The molecule has 4 heteroatoms. The van der Waals surface area contributed by atoms with E-state index in [1.54, 1.807) is 0 Å². The Labute approximate surface area is 129 Å². The molecule has 0 bridgehead atoms. The molecule has 0 radical (unpaired) electrons. The summed E-state index contributed by atoms with van der Waals surface area (Å²) in [5, 5.41) is 5.17. The van der Waals surface area contributed by atoms with E-state index in [9.17, 15) is 4.79 Å². The molecule has 0 saturated carbocycles. The molecular weight excluding hydrogens is 280 g/mol. The van der Waals surface area contributed by atoms with Crippen molar-refractivity contribution in [1.82, 2.24) is 10.2 Å². The van der Waals surface area contributed by atoms with Crippen LogP contribution in [0.5, 0.6) is 0 Å². The van der Waals surface area contributed by atoms with E-state index < -0.39 is 0 Å². The molecule has 0 unspecified atom stereocenters. The van der Waals surface area contributed by atoms with Gasteiger partial charge in [-0.05, 0) is 41.5 Å². The second kappa shape index (κ2) is 6.41. The Morgan fingerprint density at radius 3 is 3.05 bits per heavy atom. The summed E-state index contributed by atoms with van der Waals surface area (Å²) in [6, 6.07) is 10.3. The Hall–Kier alpha value is -1.65. The molecule has 1 aliphatic rings. The molecule has 3 nitrogen and oxygen atoms in total. The van der Waals surface area contributed by atoms with Crippen LogP contribution >= 0.6 is 11.3 Å². The van der Waals surface area contributed by atoms with Gasteiger partial charge < -0.3 is 5.32 Å². The van der Waals surface area contributed by atoms with Crippen LogP contribution in [-0.2, 0) is 24.3 Å². The smallest absolute Gasteiger partial charge is 0.234 e. The Morgan fingerprint density at radius 1 is 1.33 bits per heavy atom. The number of nitrogens with zero attached hydrogens (tertiary/aromatic N) is 1. The van der Waals surface area contributed by atoms with E-state index in [1.165, 1.54) is 21.6 Å². The summed E-state index contributed by atoms with van der Waals surface area (Å²) >= 11 is 1.83. The van der Waals surface area contributed by atoms with Crippen LogP contribution in [0.2, 0.25) is 0 Å². The molecule has 1 aromatic carbocycles. The van der Waals surface area contributed by atoms with Gasteiger partial charge in [-0.15, -0.1) is 11.3 Å². The molecule has 0 spiro atoms. The second-order valence-corrected chi connectivity index (χ2v) is 6.53. The first kappa shape index (κ1) is 14.3. The highest BCUT2D eigenvalue weighted by molar-refractivity contribution is 7.10. The summed E-state index contributed by atoms with van der Waals surface area (Å²) in [5.74, 6) is 0.108. The van der Waals surface area contributed by atoms with E-state index >= 15 is 0 Å². The highest BCUT2D eigenvalue weighted by atomic mass is 32.1. The predicted octanol–water partition coefficient (Wildman–Crippen LogP) is 2.73. The molecule has 21 heavy (non-hydrogen) atoms.